The van der Waals surface area contributed by atoms with E-state index in [1.807, 2.05) is 22.9 Å². The van der Waals surface area contributed by atoms with Crippen LogP contribution in [0.2, 0.25) is 5.02 Å². The molecule has 3 aromatic rings. The van der Waals surface area contributed by atoms with Gasteiger partial charge in [-0.2, -0.15) is 0 Å². The van der Waals surface area contributed by atoms with Crippen molar-refractivity contribution in [3.63, 3.8) is 0 Å². The Morgan fingerprint density at radius 2 is 2.33 bits per heavy atom. The normalized spacial score (nSPS) is 11.0. The molecule has 0 fully saturated rings. The molecule has 3 heterocycles. The Morgan fingerprint density at radius 3 is 3.13 bits per heavy atom. The third-order valence-corrected chi connectivity index (χ3v) is 2.54. The van der Waals surface area contributed by atoms with Crippen molar-refractivity contribution < 1.29 is 4.52 Å². The van der Waals surface area contributed by atoms with Gasteiger partial charge < -0.3 is 8.92 Å². The minimum atomic E-state index is 0.636. The van der Waals surface area contributed by atoms with E-state index in [-0.39, 0.29) is 0 Å². The number of pyridine rings is 1. The van der Waals surface area contributed by atoms with Gasteiger partial charge >= 0.3 is 0 Å². The molecule has 0 spiro atoms. The zero-order valence-corrected chi connectivity index (χ0v) is 8.35. The summed E-state index contributed by atoms with van der Waals surface area (Å²) in [6.07, 6.45) is 8.68. The highest BCUT2D eigenvalue weighted by atomic mass is 35.5. The van der Waals surface area contributed by atoms with Gasteiger partial charge in [0.05, 0.1) is 11.2 Å². The molecule has 0 unspecified atom stereocenters. The van der Waals surface area contributed by atoms with E-state index in [4.69, 9.17) is 16.1 Å². The van der Waals surface area contributed by atoms with Gasteiger partial charge in [-0.05, 0) is 0 Å². The maximum absolute atomic E-state index is 6.13. The molecular weight excluding hydrogens is 214 g/mol. The molecule has 0 saturated heterocycles. The van der Waals surface area contributed by atoms with E-state index in [1.54, 1.807) is 18.7 Å². The van der Waals surface area contributed by atoms with Gasteiger partial charge in [0, 0.05) is 35.8 Å². The van der Waals surface area contributed by atoms with E-state index in [1.165, 1.54) is 0 Å². The summed E-state index contributed by atoms with van der Waals surface area (Å²) in [7, 11) is 0. The van der Waals surface area contributed by atoms with Gasteiger partial charge in [0.15, 0.2) is 0 Å². The van der Waals surface area contributed by atoms with Crippen LogP contribution in [0.3, 0.4) is 0 Å². The molecule has 0 saturated carbocycles. The number of nitrogens with zero attached hydrogens (tertiary/aromatic N) is 3. The quantitative estimate of drug-likeness (QED) is 0.632. The Hall–Kier alpha value is -1.81. The molecule has 0 bridgehead atoms. The highest BCUT2D eigenvalue weighted by Crippen LogP contribution is 2.28. The smallest absolute Gasteiger partial charge is 0.138 e. The van der Waals surface area contributed by atoms with Crippen LogP contribution in [0.15, 0.2) is 41.6 Å². The number of fused-ring (bicyclic) bond motifs is 1. The van der Waals surface area contributed by atoms with Crippen LogP contribution < -0.4 is 0 Å². The molecule has 5 heteroatoms. The fraction of sp³-hybridized carbons (Fsp3) is 0. The lowest BCUT2D eigenvalue weighted by Crippen LogP contribution is -1.86. The molecule has 3 rings (SSSR count). The summed E-state index contributed by atoms with van der Waals surface area (Å²) in [4.78, 5) is 4.14. The van der Waals surface area contributed by atoms with Gasteiger partial charge in [-0.15, -0.1) is 0 Å². The summed E-state index contributed by atoms with van der Waals surface area (Å²) in [5, 5.41) is 4.28. The highest BCUT2D eigenvalue weighted by molar-refractivity contribution is 6.33. The predicted octanol–water partition coefficient (Wildman–Crippen LogP) is 2.64. The Labute approximate surface area is 90.1 Å². The molecule has 0 atom stereocenters. The van der Waals surface area contributed by atoms with Crippen molar-refractivity contribution >= 4 is 17.2 Å². The van der Waals surface area contributed by atoms with Crippen molar-refractivity contribution in [3.8, 4) is 11.1 Å². The van der Waals surface area contributed by atoms with Gasteiger partial charge in [0.1, 0.15) is 11.9 Å². The summed E-state index contributed by atoms with van der Waals surface area (Å²) in [6, 6.07) is 1.81. The molecule has 0 aromatic carbocycles. The van der Waals surface area contributed by atoms with Crippen molar-refractivity contribution in [1.82, 2.24) is 14.5 Å². The molecule has 3 aromatic heterocycles. The minimum Gasteiger partial charge on any atom is -0.364 e. The average molecular weight is 220 g/mol. The lowest BCUT2D eigenvalue weighted by Gasteiger charge is -2.01. The predicted molar refractivity (Wildman–Crippen MR) is 55.7 cm³/mol. The second-order valence-electron chi connectivity index (χ2n) is 3.14. The van der Waals surface area contributed by atoms with Crippen LogP contribution in [0.5, 0.6) is 0 Å². The van der Waals surface area contributed by atoms with Crippen molar-refractivity contribution in [2.75, 3.05) is 0 Å². The van der Waals surface area contributed by atoms with Gasteiger partial charge in [0.2, 0.25) is 0 Å². The van der Waals surface area contributed by atoms with E-state index in [9.17, 15) is 0 Å². The summed E-state index contributed by atoms with van der Waals surface area (Å²) in [5.74, 6) is 0. The fourth-order valence-corrected chi connectivity index (χ4v) is 1.74. The van der Waals surface area contributed by atoms with Crippen LogP contribution >= 0.6 is 11.6 Å². The summed E-state index contributed by atoms with van der Waals surface area (Å²) < 4.78 is 6.68. The Morgan fingerprint density at radius 1 is 1.40 bits per heavy atom. The minimum absolute atomic E-state index is 0.636. The first-order valence-corrected chi connectivity index (χ1v) is 4.74. The number of rotatable bonds is 1. The van der Waals surface area contributed by atoms with E-state index in [0.29, 0.717) is 5.02 Å². The number of hydrogen-bond donors (Lipinski definition) is 0. The maximum atomic E-state index is 6.13. The number of aromatic nitrogens is 3. The molecular formula is C10H6ClN3O. The number of imidazole rings is 1. The molecule has 0 aliphatic rings. The molecule has 0 N–H and O–H groups in total. The molecule has 0 amide bonds. The summed E-state index contributed by atoms with van der Waals surface area (Å²) in [5.41, 5.74) is 2.55. The zero-order valence-electron chi connectivity index (χ0n) is 7.59. The van der Waals surface area contributed by atoms with E-state index < -0.39 is 0 Å². The first-order chi connectivity index (χ1) is 7.34. The second-order valence-corrected chi connectivity index (χ2v) is 3.55. The van der Waals surface area contributed by atoms with Gasteiger partial charge in [-0.3, -0.25) is 0 Å². The monoisotopic (exact) mass is 219 g/mol. The third-order valence-electron chi connectivity index (χ3n) is 2.22. The van der Waals surface area contributed by atoms with Crippen molar-refractivity contribution in [1.29, 1.82) is 0 Å². The standard InChI is InChI=1S/C10H6ClN3O/c11-9-3-10-12-1-2-14(10)5-8(9)7-4-13-15-6-7/h1-6H. The van der Waals surface area contributed by atoms with Crippen LogP contribution in [0.25, 0.3) is 16.8 Å². The Balaban J connectivity index is 2.30. The fourth-order valence-electron chi connectivity index (χ4n) is 1.49. The first kappa shape index (κ1) is 8.49. The largest absolute Gasteiger partial charge is 0.364 e. The molecule has 0 aliphatic heterocycles. The Bertz CT molecular complexity index is 600. The van der Waals surface area contributed by atoms with E-state index in [2.05, 4.69) is 10.1 Å². The van der Waals surface area contributed by atoms with Crippen molar-refractivity contribution in [3.05, 3.63) is 42.1 Å². The van der Waals surface area contributed by atoms with E-state index in [0.717, 1.165) is 16.8 Å². The van der Waals surface area contributed by atoms with Crippen LogP contribution in [0.1, 0.15) is 0 Å². The Kier molecular flexibility index (Phi) is 1.76. The summed E-state index contributed by atoms with van der Waals surface area (Å²) in [6.45, 7) is 0. The van der Waals surface area contributed by atoms with Gasteiger partial charge in [-0.25, -0.2) is 4.98 Å². The lowest BCUT2D eigenvalue weighted by atomic mass is 10.2. The van der Waals surface area contributed by atoms with Crippen LogP contribution in [0, 0.1) is 0 Å². The maximum Gasteiger partial charge on any atom is 0.138 e. The SMILES string of the molecule is Clc1cc2nccn2cc1-c1cnoc1. The lowest BCUT2D eigenvalue weighted by molar-refractivity contribution is 0.420. The summed E-state index contributed by atoms with van der Waals surface area (Å²) >= 11 is 6.13. The van der Waals surface area contributed by atoms with Gasteiger partial charge in [0.25, 0.3) is 0 Å². The average Bonchev–Trinajstić information content (AvgIpc) is 2.85. The molecule has 4 nitrogen and oxygen atoms in total. The van der Waals surface area contributed by atoms with Crippen molar-refractivity contribution in [2.24, 2.45) is 0 Å². The topological polar surface area (TPSA) is 43.3 Å². The zero-order chi connectivity index (χ0) is 10.3. The highest BCUT2D eigenvalue weighted by Gasteiger charge is 2.07. The number of halogens is 1. The number of hydrogen-bond acceptors (Lipinski definition) is 3. The molecule has 0 aliphatic carbocycles. The third kappa shape index (κ3) is 1.30. The first-order valence-electron chi connectivity index (χ1n) is 4.36. The van der Waals surface area contributed by atoms with Gasteiger partial charge in [-0.1, -0.05) is 16.8 Å². The van der Waals surface area contributed by atoms with Crippen LogP contribution in [0.4, 0.5) is 0 Å². The molecule has 0 radical (unpaired) electrons. The molecule has 15 heavy (non-hydrogen) atoms. The van der Waals surface area contributed by atoms with Crippen LogP contribution in [-0.2, 0) is 0 Å². The van der Waals surface area contributed by atoms with E-state index >= 15 is 0 Å². The molecule has 74 valence electrons. The van der Waals surface area contributed by atoms with Crippen LogP contribution in [-0.4, -0.2) is 14.5 Å². The van der Waals surface area contributed by atoms with Crippen molar-refractivity contribution in [2.45, 2.75) is 0 Å². The second kappa shape index (κ2) is 3.10.